The molecule has 0 bridgehead atoms. The van der Waals surface area contributed by atoms with Crippen LogP contribution in [0.15, 0.2) is 34.3 Å². The van der Waals surface area contributed by atoms with Crippen molar-refractivity contribution >= 4 is 31.6 Å². The summed E-state index contributed by atoms with van der Waals surface area (Å²) in [5.74, 6) is 0.348. The average molecular weight is 291 g/mol. The Morgan fingerprint density at radius 1 is 1.67 bits per heavy atom. The van der Waals surface area contributed by atoms with Gasteiger partial charge in [0.25, 0.3) is 0 Å². The zero-order chi connectivity index (χ0) is 11.5. The minimum absolute atomic E-state index is 0.193. The van der Waals surface area contributed by atoms with Gasteiger partial charge in [0.05, 0.1) is 0 Å². The lowest BCUT2D eigenvalue weighted by molar-refractivity contribution is 0.602. The Labute approximate surface area is 97.5 Å². The molecule has 0 amide bonds. The second-order valence-corrected chi connectivity index (χ2v) is 6.10. The van der Waals surface area contributed by atoms with Crippen LogP contribution in [0.25, 0.3) is 0 Å². The van der Waals surface area contributed by atoms with Crippen molar-refractivity contribution in [3.05, 3.63) is 29.4 Å². The molecule has 1 aromatic rings. The monoisotopic (exact) mass is 290 g/mol. The summed E-state index contributed by atoms with van der Waals surface area (Å²) in [5, 5.41) is 2.88. The second-order valence-electron chi connectivity index (χ2n) is 2.99. The van der Waals surface area contributed by atoms with Gasteiger partial charge in [0.1, 0.15) is 10.7 Å². The molecule has 1 rings (SSSR count). The van der Waals surface area contributed by atoms with Crippen LogP contribution in [0.4, 0.5) is 5.82 Å². The third-order valence-electron chi connectivity index (χ3n) is 1.62. The molecule has 0 aromatic carbocycles. The Balaban J connectivity index is 3.02. The Morgan fingerprint density at radius 3 is 2.87 bits per heavy atom. The Hall–Kier alpha value is -0.880. The van der Waals surface area contributed by atoms with Gasteiger partial charge in [0.15, 0.2) is 9.84 Å². The molecule has 0 aliphatic heterocycles. The highest BCUT2D eigenvalue weighted by Gasteiger charge is 2.13. The number of sulfone groups is 1. The second kappa shape index (κ2) is 4.76. The molecule has 1 aromatic heterocycles. The van der Waals surface area contributed by atoms with E-state index in [1.165, 1.54) is 12.3 Å². The Morgan fingerprint density at radius 2 is 2.33 bits per heavy atom. The van der Waals surface area contributed by atoms with Gasteiger partial charge in [0.2, 0.25) is 0 Å². The first-order valence-corrected chi connectivity index (χ1v) is 6.82. The van der Waals surface area contributed by atoms with E-state index in [1.54, 1.807) is 6.07 Å². The van der Waals surface area contributed by atoms with Crippen molar-refractivity contribution < 1.29 is 8.42 Å². The van der Waals surface area contributed by atoms with Crippen LogP contribution in [0.2, 0.25) is 0 Å². The van der Waals surface area contributed by atoms with Crippen molar-refractivity contribution in [1.82, 2.24) is 4.98 Å². The van der Waals surface area contributed by atoms with Gasteiger partial charge >= 0.3 is 0 Å². The fourth-order valence-electron chi connectivity index (χ4n) is 1.00. The highest BCUT2D eigenvalue weighted by atomic mass is 79.9. The van der Waals surface area contributed by atoms with Gasteiger partial charge in [-0.2, -0.15) is 0 Å². The van der Waals surface area contributed by atoms with E-state index in [0.717, 1.165) is 10.7 Å². The van der Waals surface area contributed by atoms with Gasteiger partial charge < -0.3 is 5.32 Å². The van der Waals surface area contributed by atoms with Crippen LogP contribution in [-0.4, -0.2) is 26.2 Å². The summed E-state index contributed by atoms with van der Waals surface area (Å²) in [7, 11) is -3.25. The van der Waals surface area contributed by atoms with Gasteiger partial charge in [-0.15, -0.1) is 0 Å². The highest BCUT2D eigenvalue weighted by molar-refractivity contribution is 9.11. The predicted octanol–water partition coefficient (Wildman–Crippen LogP) is 1.81. The van der Waals surface area contributed by atoms with Gasteiger partial charge in [-0.3, -0.25) is 0 Å². The van der Waals surface area contributed by atoms with E-state index in [1.807, 2.05) is 0 Å². The lowest BCUT2D eigenvalue weighted by atomic mass is 10.4. The summed E-state index contributed by atoms with van der Waals surface area (Å²) in [6.45, 7) is 4.07. The molecule has 15 heavy (non-hydrogen) atoms. The van der Waals surface area contributed by atoms with E-state index in [9.17, 15) is 8.42 Å². The van der Waals surface area contributed by atoms with Crippen LogP contribution in [0.1, 0.15) is 0 Å². The lowest BCUT2D eigenvalue weighted by Gasteiger charge is -2.08. The number of halogens is 1. The van der Waals surface area contributed by atoms with Crippen molar-refractivity contribution in [3.8, 4) is 0 Å². The molecule has 1 heterocycles. The number of nitrogens with one attached hydrogen (secondary N) is 1. The topological polar surface area (TPSA) is 59.1 Å². The Kier molecular flexibility index (Phi) is 3.87. The van der Waals surface area contributed by atoms with Crippen LogP contribution < -0.4 is 5.32 Å². The molecule has 0 saturated carbocycles. The maximum atomic E-state index is 11.4. The number of anilines is 1. The quantitative estimate of drug-likeness (QED) is 0.919. The van der Waals surface area contributed by atoms with Crippen LogP contribution in [0.5, 0.6) is 0 Å². The molecule has 0 radical (unpaired) electrons. The maximum Gasteiger partial charge on any atom is 0.179 e. The summed E-state index contributed by atoms with van der Waals surface area (Å²) >= 11 is 3.17. The van der Waals surface area contributed by atoms with Crippen LogP contribution >= 0.6 is 15.9 Å². The number of pyridine rings is 1. The normalized spacial score (nSPS) is 11.1. The van der Waals surface area contributed by atoms with Crippen LogP contribution in [-0.2, 0) is 9.84 Å². The lowest BCUT2D eigenvalue weighted by Crippen LogP contribution is -2.08. The standard InChI is InChI=1S/C9H11BrN2O2S/c1-7(10)6-12-9-8(15(2,13)14)4-3-5-11-9/h3-5H,1,6H2,2H3,(H,11,12). The summed E-state index contributed by atoms with van der Waals surface area (Å²) in [4.78, 5) is 4.16. The molecule has 4 nitrogen and oxygen atoms in total. The minimum Gasteiger partial charge on any atom is -0.364 e. The first-order valence-electron chi connectivity index (χ1n) is 4.13. The smallest absolute Gasteiger partial charge is 0.179 e. The van der Waals surface area contributed by atoms with E-state index in [0.29, 0.717) is 12.4 Å². The summed E-state index contributed by atoms with van der Waals surface area (Å²) in [5.41, 5.74) is 0. The number of hydrogen-bond acceptors (Lipinski definition) is 4. The molecule has 0 fully saturated rings. The molecule has 0 saturated heterocycles. The zero-order valence-electron chi connectivity index (χ0n) is 8.20. The number of rotatable bonds is 4. The number of aromatic nitrogens is 1. The molecular weight excluding hydrogens is 280 g/mol. The van der Waals surface area contributed by atoms with Crippen molar-refractivity contribution in [1.29, 1.82) is 0 Å². The third kappa shape index (κ3) is 3.64. The van der Waals surface area contributed by atoms with Crippen molar-refractivity contribution in [2.45, 2.75) is 4.90 Å². The van der Waals surface area contributed by atoms with E-state index in [2.05, 4.69) is 32.8 Å². The molecule has 0 aliphatic rings. The van der Waals surface area contributed by atoms with Gasteiger partial charge in [-0.1, -0.05) is 22.5 Å². The fraction of sp³-hybridized carbons (Fsp3) is 0.222. The van der Waals surface area contributed by atoms with Crippen LogP contribution in [0, 0.1) is 0 Å². The third-order valence-corrected chi connectivity index (χ3v) is 3.03. The molecule has 0 spiro atoms. The van der Waals surface area contributed by atoms with E-state index < -0.39 is 9.84 Å². The summed E-state index contributed by atoms with van der Waals surface area (Å²) in [6.07, 6.45) is 2.69. The SMILES string of the molecule is C=C(Br)CNc1ncccc1S(C)(=O)=O. The number of nitrogens with zero attached hydrogens (tertiary/aromatic N) is 1. The Bertz CT molecular complexity index is 471. The molecular formula is C9H11BrN2O2S. The van der Waals surface area contributed by atoms with Gasteiger partial charge in [-0.25, -0.2) is 13.4 Å². The average Bonchev–Trinajstić information content (AvgIpc) is 2.13. The van der Waals surface area contributed by atoms with Crippen molar-refractivity contribution in [2.24, 2.45) is 0 Å². The van der Waals surface area contributed by atoms with E-state index in [-0.39, 0.29) is 4.90 Å². The van der Waals surface area contributed by atoms with E-state index >= 15 is 0 Å². The summed E-state index contributed by atoms with van der Waals surface area (Å²) < 4.78 is 23.5. The molecule has 1 N–H and O–H groups in total. The highest BCUT2D eigenvalue weighted by Crippen LogP contribution is 2.18. The maximum absolute atomic E-state index is 11.4. The number of hydrogen-bond donors (Lipinski definition) is 1. The van der Waals surface area contributed by atoms with Gasteiger partial charge in [0, 0.05) is 23.5 Å². The van der Waals surface area contributed by atoms with Crippen molar-refractivity contribution in [3.63, 3.8) is 0 Å². The molecule has 0 aliphatic carbocycles. The first-order chi connectivity index (χ1) is 6.91. The molecule has 6 heteroatoms. The van der Waals surface area contributed by atoms with Crippen molar-refractivity contribution in [2.75, 3.05) is 18.1 Å². The summed E-state index contributed by atoms with van der Waals surface area (Å²) in [6, 6.07) is 3.10. The largest absolute Gasteiger partial charge is 0.364 e. The molecule has 82 valence electrons. The first kappa shape index (κ1) is 12.2. The van der Waals surface area contributed by atoms with E-state index in [4.69, 9.17) is 0 Å². The van der Waals surface area contributed by atoms with Gasteiger partial charge in [-0.05, 0) is 12.1 Å². The minimum atomic E-state index is -3.25. The molecule has 0 unspecified atom stereocenters. The fourth-order valence-corrected chi connectivity index (χ4v) is 1.94. The van der Waals surface area contributed by atoms with Crippen LogP contribution in [0.3, 0.4) is 0 Å². The predicted molar refractivity (Wildman–Crippen MR) is 63.9 cm³/mol. The zero-order valence-corrected chi connectivity index (χ0v) is 10.6. The molecule has 0 atom stereocenters.